The van der Waals surface area contributed by atoms with Gasteiger partial charge in [0.2, 0.25) is 0 Å². The molecule has 0 radical (unpaired) electrons. The lowest BCUT2D eigenvalue weighted by atomic mass is 10.2. The molecule has 1 aromatic heterocycles. The molecule has 2 rings (SSSR count). The van der Waals surface area contributed by atoms with Crippen molar-refractivity contribution >= 4 is 41.7 Å². The Hall–Kier alpha value is -1.36. The van der Waals surface area contributed by atoms with E-state index in [0.717, 1.165) is 48.4 Å². The fourth-order valence-electron chi connectivity index (χ4n) is 3.02. The van der Waals surface area contributed by atoms with Crippen molar-refractivity contribution in [3.05, 3.63) is 41.5 Å². The average molecular weight is 534 g/mol. The number of rotatable bonds is 9. The van der Waals surface area contributed by atoms with E-state index in [2.05, 4.69) is 38.9 Å². The van der Waals surface area contributed by atoms with Crippen molar-refractivity contribution in [2.45, 2.75) is 44.9 Å². The predicted octanol–water partition coefficient (Wildman–Crippen LogP) is 4.05. The van der Waals surface area contributed by atoms with Gasteiger partial charge in [-0.1, -0.05) is 37.7 Å². The monoisotopic (exact) mass is 534 g/mol. The maximum Gasteiger partial charge on any atom is 0.193 e. The number of thioether (sulfide) groups is 1. The third-order valence-corrected chi connectivity index (χ3v) is 4.93. The van der Waals surface area contributed by atoms with Gasteiger partial charge >= 0.3 is 0 Å². The van der Waals surface area contributed by atoms with Crippen LogP contribution in [0, 0.1) is 11.7 Å². The Kier molecular flexibility index (Phi) is 11.6. The topological polar surface area (TPSA) is 58.3 Å². The molecular formula is C20H32FIN6S. The van der Waals surface area contributed by atoms with Crippen molar-refractivity contribution in [3.8, 4) is 0 Å². The second kappa shape index (κ2) is 13.0. The Labute approximate surface area is 194 Å². The van der Waals surface area contributed by atoms with E-state index in [-0.39, 0.29) is 29.8 Å². The van der Waals surface area contributed by atoms with Gasteiger partial charge in [0.25, 0.3) is 0 Å². The van der Waals surface area contributed by atoms with E-state index < -0.39 is 0 Å². The number of halogens is 2. The summed E-state index contributed by atoms with van der Waals surface area (Å²) in [6, 6.07) is 6.65. The van der Waals surface area contributed by atoms with Crippen LogP contribution in [0.2, 0.25) is 0 Å². The molecule has 0 aliphatic carbocycles. The van der Waals surface area contributed by atoms with Gasteiger partial charge in [-0.3, -0.25) is 4.99 Å². The summed E-state index contributed by atoms with van der Waals surface area (Å²) >= 11 is 1.63. The summed E-state index contributed by atoms with van der Waals surface area (Å²) in [6.07, 6.45) is 3.82. The van der Waals surface area contributed by atoms with E-state index in [1.54, 1.807) is 30.9 Å². The number of hydrogen-bond donors (Lipinski definition) is 1. The summed E-state index contributed by atoms with van der Waals surface area (Å²) in [5, 5.41) is 13.0. The zero-order valence-electron chi connectivity index (χ0n) is 17.9. The highest BCUT2D eigenvalue weighted by Gasteiger charge is 2.13. The molecule has 1 N–H and O–H groups in total. The summed E-state index contributed by atoms with van der Waals surface area (Å²) in [6.45, 7) is 6.71. The number of nitrogens with zero attached hydrogens (tertiary/aromatic N) is 5. The summed E-state index contributed by atoms with van der Waals surface area (Å²) in [4.78, 5) is 6.31. The standard InChI is InChI=1S/C20H31FN6S.HI/c1-15(2)13-27-18(24-25-20(27)28-5)10-7-11-23-19(22-3)26(4)14-16-8-6-9-17(21)12-16;/h6,8-9,12,15H,7,10-11,13-14H2,1-5H3,(H,22,23);1H. The van der Waals surface area contributed by atoms with Crippen molar-refractivity contribution in [3.63, 3.8) is 0 Å². The number of guanidine groups is 1. The second-order valence-electron chi connectivity index (χ2n) is 7.17. The molecule has 0 bridgehead atoms. The lowest BCUT2D eigenvalue weighted by Crippen LogP contribution is -2.39. The van der Waals surface area contributed by atoms with E-state index in [4.69, 9.17) is 0 Å². The predicted molar refractivity (Wildman–Crippen MR) is 130 cm³/mol. The highest BCUT2D eigenvalue weighted by molar-refractivity contribution is 14.0. The maximum atomic E-state index is 13.4. The smallest absolute Gasteiger partial charge is 0.193 e. The van der Waals surface area contributed by atoms with Gasteiger partial charge in [-0.2, -0.15) is 0 Å². The van der Waals surface area contributed by atoms with Crippen molar-refractivity contribution in [1.82, 2.24) is 25.0 Å². The third-order valence-electron chi connectivity index (χ3n) is 4.27. The van der Waals surface area contributed by atoms with E-state index >= 15 is 0 Å². The van der Waals surface area contributed by atoms with Gasteiger partial charge in [0.15, 0.2) is 11.1 Å². The summed E-state index contributed by atoms with van der Waals surface area (Å²) in [5.74, 6) is 2.15. The molecule has 1 heterocycles. The molecule has 1 aromatic carbocycles. The van der Waals surface area contributed by atoms with Gasteiger partial charge in [0.05, 0.1) is 0 Å². The molecule has 162 valence electrons. The number of benzene rings is 1. The molecule has 0 spiro atoms. The van der Waals surface area contributed by atoms with Crippen LogP contribution in [-0.2, 0) is 19.5 Å². The average Bonchev–Trinajstić information content (AvgIpc) is 3.02. The van der Waals surface area contributed by atoms with Gasteiger partial charge in [0.1, 0.15) is 11.6 Å². The molecular weight excluding hydrogens is 502 g/mol. The first-order chi connectivity index (χ1) is 13.4. The van der Waals surface area contributed by atoms with Crippen molar-refractivity contribution in [2.75, 3.05) is 26.9 Å². The minimum Gasteiger partial charge on any atom is -0.356 e. The Balaban J connectivity index is 0.00000420. The highest BCUT2D eigenvalue weighted by Crippen LogP contribution is 2.16. The fraction of sp³-hybridized carbons (Fsp3) is 0.550. The molecule has 6 nitrogen and oxygen atoms in total. The second-order valence-corrected chi connectivity index (χ2v) is 7.94. The first-order valence-corrected chi connectivity index (χ1v) is 10.8. The Morgan fingerprint density at radius 1 is 1.34 bits per heavy atom. The Bertz CT molecular complexity index is 780. The van der Waals surface area contributed by atoms with Crippen LogP contribution in [0.25, 0.3) is 0 Å². The van der Waals surface area contributed by atoms with Gasteiger partial charge in [0, 0.05) is 40.2 Å². The van der Waals surface area contributed by atoms with Crippen LogP contribution in [0.5, 0.6) is 0 Å². The summed E-state index contributed by atoms with van der Waals surface area (Å²) < 4.78 is 15.6. The molecule has 0 saturated heterocycles. The molecule has 0 fully saturated rings. The molecule has 2 aromatic rings. The molecule has 0 unspecified atom stereocenters. The molecule has 0 amide bonds. The van der Waals surface area contributed by atoms with Crippen molar-refractivity contribution in [1.29, 1.82) is 0 Å². The molecule has 0 aliphatic heterocycles. The molecule has 0 atom stereocenters. The zero-order valence-corrected chi connectivity index (χ0v) is 21.0. The summed E-state index contributed by atoms with van der Waals surface area (Å²) in [5.41, 5.74) is 0.914. The van der Waals surface area contributed by atoms with Crippen molar-refractivity contribution < 1.29 is 4.39 Å². The molecule has 9 heteroatoms. The SMILES string of the molecule is CN=C(NCCCc1nnc(SC)n1CC(C)C)N(C)Cc1cccc(F)c1.I. The normalized spacial score (nSPS) is 11.5. The highest BCUT2D eigenvalue weighted by atomic mass is 127. The number of aliphatic imine (C=N–C) groups is 1. The maximum absolute atomic E-state index is 13.4. The van der Waals surface area contributed by atoms with E-state index in [0.29, 0.717) is 12.5 Å². The van der Waals surface area contributed by atoms with Crippen LogP contribution in [0.1, 0.15) is 31.7 Å². The van der Waals surface area contributed by atoms with Crippen LogP contribution >= 0.6 is 35.7 Å². The number of aromatic nitrogens is 3. The number of aryl methyl sites for hydroxylation is 1. The summed E-state index contributed by atoms with van der Waals surface area (Å²) in [7, 11) is 3.71. The van der Waals surface area contributed by atoms with Crippen LogP contribution in [0.4, 0.5) is 4.39 Å². The van der Waals surface area contributed by atoms with Gasteiger partial charge in [-0.25, -0.2) is 4.39 Å². The van der Waals surface area contributed by atoms with E-state index in [1.807, 2.05) is 24.3 Å². The van der Waals surface area contributed by atoms with Crippen molar-refractivity contribution in [2.24, 2.45) is 10.9 Å². The van der Waals surface area contributed by atoms with Gasteiger partial charge < -0.3 is 14.8 Å². The third kappa shape index (κ3) is 8.12. The minimum atomic E-state index is -0.219. The van der Waals surface area contributed by atoms with E-state index in [9.17, 15) is 4.39 Å². The molecule has 0 saturated carbocycles. The van der Waals surface area contributed by atoms with Crippen LogP contribution in [0.15, 0.2) is 34.4 Å². The zero-order chi connectivity index (χ0) is 20.5. The first-order valence-electron chi connectivity index (χ1n) is 9.56. The Morgan fingerprint density at radius 2 is 2.10 bits per heavy atom. The molecule has 0 aliphatic rings. The van der Waals surface area contributed by atoms with Crippen LogP contribution < -0.4 is 5.32 Å². The first kappa shape index (κ1) is 25.7. The Morgan fingerprint density at radius 3 is 2.72 bits per heavy atom. The fourth-order valence-corrected chi connectivity index (χ4v) is 3.54. The lowest BCUT2D eigenvalue weighted by molar-refractivity contribution is 0.468. The van der Waals surface area contributed by atoms with Crippen LogP contribution in [-0.4, -0.2) is 52.5 Å². The minimum absolute atomic E-state index is 0. The lowest BCUT2D eigenvalue weighted by Gasteiger charge is -2.22. The van der Waals surface area contributed by atoms with Crippen LogP contribution in [0.3, 0.4) is 0 Å². The number of hydrogen-bond acceptors (Lipinski definition) is 4. The number of nitrogens with one attached hydrogen (secondary N) is 1. The van der Waals surface area contributed by atoms with E-state index in [1.165, 1.54) is 6.07 Å². The van der Waals surface area contributed by atoms with Gasteiger partial charge in [-0.15, -0.1) is 34.2 Å². The quantitative estimate of drug-likeness (QED) is 0.173. The largest absolute Gasteiger partial charge is 0.356 e. The molecule has 29 heavy (non-hydrogen) atoms. The van der Waals surface area contributed by atoms with Gasteiger partial charge in [-0.05, 0) is 36.3 Å².